The summed E-state index contributed by atoms with van der Waals surface area (Å²) in [5.41, 5.74) is 1.62. The summed E-state index contributed by atoms with van der Waals surface area (Å²) >= 11 is 0. The number of alkyl halides is 3. The first-order valence-corrected chi connectivity index (χ1v) is 13.1. The molecule has 1 aliphatic heterocycles. The fraction of sp³-hybridized carbons (Fsp3) is 0.464. The molecule has 1 aromatic heterocycles. The molecule has 0 radical (unpaired) electrons. The average Bonchev–Trinajstić information content (AvgIpc) is 3.26. The van der Waals surface area contributed by atoms with Crippen molar-refractivity contribution in [3.63, 3.8) is 0 Å². The zero-order valence-electron chi connectivity index (χ0n) is 21.0. The summed E-state index contributed by atoms with van der Waals surface area (Å²) in [7, 11) is 0. The van der Waals surface area contributed by atoms with Crippen molar-refractivity contribution in [1.29, 1.82) is 0 Å². The second kappa shape index (κ2) is 10.8. The number of anilines is 1. The fourth-order valence-corrected chi connectivity index (χ4v) is 5.66. The molecule has 7 nitrogen and oxygen atoms in total. The van der Waals surface area contributed by atoms with E-state index in [-0.39, 0.29) is 17.6 Å². The van der Waals surface area contributed by atoms with Gasteiger partial charge in [-0.05, 0) is 87.5 Å². The Labute approximate surface area is 218 Å². The van der Waals surface area contributed by atoms with Crippen molar-refractivity contribution in [2.45, 2.75) is 63.7 Å². The summed E-state index contributed by atoms with van der Waals surface area (Å²) < 4.78 is 41.6. The Bertz CT molecular complexity index is 1320. The van der Waals surface area contributed by atoms with Crippen LogP contribution in [0.25, 0.3) is 11.0 Å². The number of rotatable bonds is 6. The molecule has 2 fully saturated rings. The third-order valence-corrected chi connectivity index (χ3v) is 7.70. The van der Waals surface area contributed by atoms with E-state index in [0.29, 0.717) is 31.2 Å². The molecule has 10 heteroatoms. The molecule has 0 spiro atoms. The molecule has 0 atom stereocenters. The molecule has 1 aliphatic carbocycles. The van der Waals surface area contributed by atoms with Crippen molar-refractivity contribution in [3.8, 4) is 0 Å². The Morgan fingerprint density at radius 2 is 1.74 bits per heavy atom. The van der Waals surface area contributed by atoms with Crippen LogP contribution >= 0.6 is 0 Å². The molecule has 2 N–H and O–H groups in total. The van der Waals surface area contributed by atoms with Crippen molar-refractivity contribution in [3.05, 3.63) is 59.2 Å². The maximum absolute atomic E-state index is 13.2. The molecule has 0 bridgehead atoms. The number of amides is 1. The Hall–Kier alpha value is -3.40. The largest absolute Gasteiger partial charge is 0.481 e. The number of carbonyl (C=O) groups excluding carboxylic acids is 1. The van der Waals surface area contributed by atoms with Crippen LogP contribution in [-0.2, 0) is 17.5 Å². The SMILES string of the molecule is O=C(Nc1nc2ccc(CN3CCCCC3)cc2n1C1CCC(C(=O)O)CC1)c1cccc(C(F)(F)F)c1. The highest BCUT2D eigenvalue weighted by molar-refractivity contribution is 6.04. The predicted octanol–water partition coefficient (Wildman–Crippen LogP) is 6.11. The Kier molecular flexibility index (Phi) is 7.43. The molecule has 2 aliphatic rings. The predicted molar refractivity (Wildman–Crippen MR) is 137 cm³/mol. The zero-order valence-corrected chi connectivity index (χ0v) is 21.0. The summed E-state index contributed by atoms with van der Waals surface area (Å²) in [5, 5.41) is 12.2. The summed E-state index contributed by atoms with van der Waals surface area (Å²) in [5.74, 6) is -1.63. The summed E-state index contributed by atoms with van der Waals surface area (Å²) in [4.78, 5) is 31.6. The van der Waals surface area contributed by atoms with Crippen LogP contribution in [0.1, 0.15) is 72.5 Å². The lowest BCUT2D eigenvalue weighted by atomic mass is 9.86. The lowest BCUT2D eigenvalue weighted by Gasteiger charge is -2.29. The van der Waals surface area contributed by atoms with E-state index >= 15 is 0 Å². The van der Waals surface area contributed by atoms with Crippen LogP contribution in [0, 0.1) is 5.92 Å². The van der Waals surface area contributed by atoms with Crippen LogP contribution in [0.15, 0.2) is 42.5 Å². The van der Waals surface area contributed by atoms with Gasteiger partial charge in [-0.3, -0.25) is 19.8 Å². The van der Waals surface area contributed by atoms with Crippen LogP contribution in [0.2, 0.25) is 0 Å². The first-order chi connectivity index (χ1) is 18.2. The number of carboxylic acids is 1. The van der Waals surface area contributed by atoms with Crippen molar-refractivity contribution in [2.75, 3.05) is 18.4 Å². The molecule has 1 saturated heterocycles. The third-order valence-electron chi connectivity index (χ3n) is 7.70. The number of carbonyl (C=O) groups is 2. The number of nitrogens with zero attached hydrogens (tertiary/aromatic N) is 3. The van der Waals surface area contributed by atoms with E-state index in [0.717, 1.165) is 42.8 Å². The number of likely N-dealkylation sites (tertiary alicyclic amines) is 1. The number of nitrogens with one attached hydrogen (secondary N) is 1. The molecular formula is C28H31F3N4O3. The van der Waals surface area contributed by atoms with Gasteiger partial charge in [-0.15, -0.1) is 0 Å². The van der Waals surface area contributed by atoms with Gasteiger partial charge in [-0.25, -0.2) is 4.98 Å². The van der Waals surface area contributed by atoms with E-state index in [4.69, 9.17) is 0 Å². The number of aromatic nitrogens is 2. The van der Waals surface area contributed by atoms with Gasteiger partial charge in [0.2, 0.25) is 5.95 Å². The Morgan fingerprint density at radius 1 is 1.00 bits per heavy atom. The molecule has 1 saturated carbocycles. The normalized spacial score (nSPS) is 20.9. The van der Waals surface area contributed by atoms with Crippen LogP contribution in [0.5, 0.6) is 0 Å². The van der Waals surface area contributed by atoms with Gasteiger partial charge in [0.25, 0.3) is 5.91 Å². The van der Waals surface area contributed by atoms with Crippen molar-refractivity contribution >= 4 is 28.9 Å². The number of piperidine rings is 1. The minimum absolute atomic E-state index is 0.0855. The van der Waals surface area contributed by atoms with Crippen molar-refractivity contribution in [2.24, 2.45) is 5.92 Å². The molecule has 38 heavy (non-hydrogen) atoms. The number of hydrogen-bond donors (Lipinski definition) is 2. The van der Waals surface area contributed by atoms with E-state index in [1.54, 1.807) is 0 Å². The maximum Gasteiger partial charge on any atom is 0.416 e. The summed E-state index contributed by atoms with van der Waals surface area (Å²) in [6.45, 7) is 2.91. The smallest absolute Gasteiger partial charge is 0.416 e. The topological polar surface area (TPSA) is 87.5 Å². The van der Waals surface area contributed by atoms with E-state index in [2.05, 4.69) is 21.3 Å². The fourth-order valence-electron chi connectivity index (χ4n) is 5.66. The minimum Gasteiger partial charge on any atom is -0.481 e. The molecular weight excluding hydrogens is 497 g/mol. The van der Waals surface area contributed by atoms with Crippen molar-refractivity contribution < 1.29 is 27.9 Å². The molecule has 3 aromatic rings. The van der Waals surface area contributed by atoms with Gasteiger partial charge in [-0.1, -0.05) is 18.6 Å². The lowest BCUT2D eigenvalue weighted by molar-refractivity contribution is -0.143. The molecule has 1 amide bonds. The standard InChI is InChI=1S/C28H31F3N4O3/c29-28(30,31)21-6-4-5-20(16-21)25(36)33-27-32-23-12-7-18(17-34-13-2-1-3-14-34)15-24(23)35(27)22-10-8-19(9-11-22)26(37)38/h4-7,12,15-16,19,22H,1-3,8-11,13-14,17H2,(H,37,38)(H,32,33,36). The van der Waals surface area contributed by atoms with E-state index in [9.17, 15) is 27.9 Å². The summed E-state index contributed by atoms with van der Waals surface area (Å²) in [6.07, 6.45) is 1.27. The quantitative estimate of drug-likeness (QED) is 0.403. The lowest BCUT2D eigenvalue weighted by Crippen LogP contribution is -2.29. The molecule has 202 valence electrons. The molecule has 2 heterocycles. The van der Waals surface area contributed by atoms with E-state index in [1.165, 1.54) is 31.4 Å². The van der Waals surface area contributed by atoms with Gasteiger partial charge < -0.3 is 9.67 Å². The van der Waals surface area contributed by atoms with Gasteiger partial charge in [0.05, 0.1) is 22.5 Å². The van der Waals surface area contributed by atoms with Gasteiger partial charge in [0.1, 0.15) is 0 Å². The second-order valence-electron chi connectivity index (χ2n) is 10.3. The molecule has 2 aromatic carbocycles. The summed E-state index contributed by atoms with van der Waals surface area (Å²) in [6, 6.07) is 10.2. The highest BCUT2D eigenvalue weighted by Gasteiger charge is 2.32. The average molecular weight is 529 g/mol. The highest BCUT2D eigenvalue weighted by Crippen LogP contribution is 2.37. The van der Waals surface area contributed by atoms with Gasteiger partial charge >= 0.3 is 12.1 Å². The number of aliphatic carboxylic acids is 1. The Balaban J connectivity index is 1.47. The maximum atomic E-state index is 13.2. The zero-order chi connectivity index (χ0) is 26.9. The van der Waals surface area contributed by atoms with E-state index in [1.807, 2.05) is 16.7 Å². The first kappa shape index (κ1) is 26.2. The molecule has 0 unspecified atom stereocenters. The number of fused-ring (bicyclic) bond motifs is 1. The number of benzene rings is 2. The first-order valence-electron chi connectivity index (χ1n) is 13.1. The molecule has 5 rings (SSSR count). The monoisotopic (exact) mass is 528 g/mol. The number of hydrogen-bond acceptors (Lipinski definition) is 4. The Morgan fingerprint density at radius 3 is 2.42 bits per heavy atom. The van der Waals surface area contributed by atoms with Crippen molar-refractivity contribution in [1.82, 2.24) is 14.5 Å². The van der Waals surface area contributed by atoms with Gasteiger partial charge in [-0.2, -0.15) is 13.2 Å². The van der Waals surface area contributed by atoms with Crippen LogP contribution in [0.3, 0.4) is 0 Å². The van der Waals surface area contributed by atoms with Crippen LogP contribution in [0.4, 0.5) is 19.1 Å². The number of imidazole rings is 1. The van der Waals surface area contributed by atoms with Gasteiger partial charge in [0, 0.05) is 18.2 Å². The van der Waals surface area contributed by atoms with E-state index < -0.39 is 29.5 Å². The van der Waals surface area contributed by atoms with Crippen LogP contribution in [-0.4, -0.2) is 44.5 Å². The second-order valence-corrected chi connectivity index (χ2v) is 10.3. The third kappa shape index (κ3) is 5.70. The number of halogens is 3. The minimum atomic E-state index is -4.56. The highest BCUT2D eigenvalue weighted by atomic mass is 19.4. The van der Waals surface area contributed by atoms with Gasteiger partial charge in [0.15, 0.2) is 0 Å². The van der Waals surface area contributed by atoms with Crippen LogP contribution < -0.4 is 5.32 Å². The number of carboxylic acid groups (broad SMARTS) is 1.